The molecule has 2 rings (SSSR count). The van der Waals surface area contributed by atoms with Gasteiger partial charge in [-0.2, -0.15) is 10.2 Å². The zero-order chi connectivity index (χ0) is 12.8. The summed E-state index contributed by atoms with van der Waals surface area (Å²) in [6.07, 6.45) is 3.52. The van der Waals surface area contributed by atoms with Crippen LogP contribution in [0.1, 0.15) is 11.1 Å². The molecule has 0 aliphatic rings. The Balaban J connectivity index is 2.25. The Morgan fingerprint density at radius 3 is 1.72 bits per heavy atom. The quantitative estimate of drug-likeness (QED) is 0.563. The number of hydrogen-bond acceptors (Lipinski definition) is 2. The van der Waals surface area contributed by atoms with Gasteiger partial charge < -0.3 is 0 Å². The van der Waals surface area contributed by atoms with E-state index in [0.717, 1.165) is 11.1 Å². The normalized spacial score (nSPS) is 10.4. The SMILES string of the molecule is C=Cc1ccc(-c2ccc(C=NN=C)cc2)cc1. The van der Waals surface area contributed by atoms with Gasteiger partial charge in [-0.15, -0.1) is 0 Å². The van der Waals surface area contributed by atoms with Gasteiger partial charge in [0.1, 0.15) is 0 Å². The minimum Gasteiger partial charge on any atom is -0.167 e. The molecule has 0 unspecified atom stereocenters. The third-order valence-electron chi connectivity index (χ3n) is 2.68. The smallest absolute Gasteiger partial charge is 0.0567 e. The molecule has 88 valence electrons. The largest absolute Gasteiger partial charge is 0.167 e. The van der Waals surface area contributed by atoms with Gasteiger partial charge in [-0.1, -0.05) is 61.2 Å². The van der Waals surface area contributed by atoms with Crippen LogP contribution in [0.25, 0.3) is 17.2 Å². The Kier molecular flexibility index (Phi) is 3.82. The number of hydrogen-bond donors (Lipinski definition) is 0. The first-order valence-corrected chi connectivity index (χ1v) is 5.65. The Labute approximate surface area is 107 Å². The van der Waals surface area contributed by atoms with Crippen molar-refractivity contribution >= 4 is 19.0 Å². The molecule has 0 N–H and O–H groups in total. The molecule has 2 aromatic rings. The Morgan fingerprint density at radius 1 is 0.778 bits per heavy atom. The molecule has 2 aromatic carbocycles. The van der Waals surface area contributed by atoms with Crippen LogP contribution in [-0.2, 0) is 0 Å². The number of rotatable bonds is 4. The first kappa shape index (κ1) is 12.0. The van der Waals surface area contributed by atoms with E-state index < -0.39 is 0 Å². The van der Waals surface area contributed by atoms with Gasteiger partial charge in [-0.3, -0.25) is 0 Å². The molecule has 2 heteroatoms. The molecule has 0 saturated carbocycles. The van der Waals surface area contributed by atoms with E-state index in [1.54, 1.807) is 6.21 Å². The molecule has 0 amide bonds. The van der Waals surface area contributed by atoms with E-state index in [4.69, 9.17) is 0 Å². The van der Waals surface area contributed by atoms with Crippen LogP contribution >= 0.6 is 0 Å². The fourth-order valence-corrected chi connectivity index (χ4v) is 1.68. The lowest BCUT2D eigenvalue weighted by molar-refractivity contribution is 1.28. The summed E-state index contributed by atoms with van der Waals surface area (Å²) in [7, 11) is 0. The Hall–Kier alpha value is -2.48. The zero-order valence-electron chi connectivity index (χ0n) is 10.1. The molecule has 0 aliphatic heterocycles. The van der Waals surface area contributed by atoms with Crippen LogP contribution in [0.2, 0.25) is 0 Å². The van der Waals surface area contributed by atoms with Crippen LogP contribution in [-0.4, -0.2) is 12.9 Å². The highest BCUT2D eigenvalue weighted by molar-refractivity contribution is 5.81. The minimum absolute atomic E-state index is 1.01. The predicted molar refractivity (Wildman–Crippen MR) is 79.1 cm³/mol. The summed E-state index contributed by atoms with van der Waals surface area (Å²) >= 11 is 0. The zero-order valence-corrected chi connectivity index (χ0v) is 10.1. The van der Waals surface area contributed by atoms with Gasteiger partial charge in [0.15, 0.2) is 0 Å². The predicted octanol–water partition coefficient (Wildman–Crippen LogP) is 4.03. The summed E-state index contributed by atoms with van der Waals surface area (Å²) in [5.74, 6) is 0. The van der Waals surface area contributed by atoms with Crippen molar-refractivity contribution in [3.05, 3.63) is 66.2 Å². The molecule has 0 bridgehead atoms. The molecule has 0 heterocycles. The van der Waals surface area contributed by atoms with Crippen molar-refractivity contribution in [1.82, 2.24) is 0 Å². The Morgan fingerprint density at radius 2 is 1.28 bits per heavy atom. The molecule has 0 aromatic heterocycles. The summed E-state index contributed by atoms with van der Waals surface area (Å²) in [6.45, 7) is 7.05. The first-order valence-electron chi connectivity index (χ1n) is 5.65. The average Bonchev–Trinajstić information content (AvgIpc) is 2.46. The first-order chi connectivity index (χ1) is 8.83. The minimum atomic E-state index is 1.01. The maximum atomic E-state index is 3.74. The van der Waals surface area contributed by atoms with E-state index in [1.807, 2.05) is 18.2 Å². The van der Waals surface area contributed by atoms with E-state index in [1.165, 1.54) is 11.1 Å². The van der Waals surface area contributed by atoms with Gasteiger partial charge in [-0.05, 0) is 22.3 Å². The third kappa shape index (κ3) is 2.80. The lowest BCUT2D eigenvalue weighted by Gasteiger charge is -2.02. The van der Waals surface area contributed by atoms with Crippen molar-refractivity contribution in [2.24, 2.45) is 10.2 Å². The fraction of sp³-hybridized carbons (Fsp3) is 0. The number of benzene rings is 2. The second kappa shape index (κ2) is 5.73. The highest BCUT2D eigenvalue weighted by Crippen LogP contribution is 2.20. The molecule has 18 heavy (non-hydrogen) atoms. The van der Waals surface area contributed by atoms with Crippen LogP contribution < -0.4 is 0 Å². The topological polar surface area (TPSA) is 24.7 Å². The molecular weight excluding hydrogens is 220 g/mol. The summed E-state index contributed by atoms with van der Waals surface area (Å²) in [5.41, 5.74) is 4.49. The molecule has 0 aliphatic carbocycles. The maximum absolute atomic E-state index is 3.74. The van der Waals surface area contributed by atoms with Crippen molar-refractivity contribution in [2.45, 2.75) is 0 Å². The van der Waals surface area contributed by atoms with Gasteiger partial charge >= 0.3 is 0 Å². The van der Waals surface area contributed by atoms with Crippen molar-refractivity contribution < 1.29 is 0 Å². The van der Waals surface area contributed by atoms with Gasteiger partial charge in [0, 0.05) is 6.72 Å². The molecule has 2 nitrogen and oxygen atoms in total. The lowest BCUT2D eigenvalue weighted by atomic mass is 10.0. The van der Waals surface area contributed by atoms with Crippen molar-refractivity contribution in [3.63, 3.8) is 0 Å². The van der Waals surface area contributed by atoms with Gasteiger partial charge in [-0.25, -0.2) is 0 Å². The third-order valence-corrected chi connectivity index (χ3v) is 2.68. The Bertz CT molecular complexity index is 563. The van der Waals surface area contributed by atoms with Crippen LogP contribution in [0.15, 0.2) is 65.3 Å². The molecular formula is C16H14N2. The second-order valence-electron chi connectivity index (χ2n) is 3.83. The highest BCUT2D eigenvalue weighted by Gasteiger charge is 1.97. The monoisotopic (exact) mass is 234 g/mol. The summed E-state index contributed by atoms with van der Waals surface area (Å²) in [4.78, 5) is 0. The standard InChI is InChI=1S/C16H14N2/c1-3-13-4-8-15(9-5-13)16-10-6-14(7-11-16)12-18-17-2/h3-12H,1-2H2. The molecule has 0 atom stereocenters. The maximum Gasteiger partial charge on any atom is 0.0567 e. The van der Waals surface area contributed by atoms with Crippen molar-refractivity contribution in [3.8, 4) is 11.1 Å². The fourth-order valence-electron chi connectivity index (χ4n) is 1.68. The lowest BCUT2D eigenvalue weighted by Crippen LogP contribution is -1.82. The van der Waals surface area contributed by atoms with Gasteiger partial charge in [0.05, 0.1) is 6.21 Å². The molecule has 0 saturated heterocycles. The molecule has 0 radical (unpaired) electrons. The van der Waals surface area contributed by atoms with Crippen LogP contribution in [0.3, 0.4) is 0 Å². The second-order valence-corrected chi connectivity index (χ2v) is 3.83. The van der Waals surface area contributed by atoms with Crippen LogP contribution in [0.4, 0.5) is 0 Å². The summed E-state index contributed by atoms with van der Waals surface area (Å²) in [6, 6.07) is 16.4. The number of nitrogens with zero attached hydrogens (tertiary/aromatic N) is 2. The van der Waals surface area contributed by atoms with Crippen molar-refractivity contribution in [1.29, 1.82) is 0 Å². The van der Waals surface area contributed by atoms with Gasteiger partial charge in [0.25, 0.3) is 0 Å². The average molecular weight is 234 g/mol. The van der Waals surface area contributed by atoms with Crippen LogP contribution in [0.5, 0.6) is 0 Å². The van der Waals surface area contributed by atoms with E-state index in [9.17, 15) is 0 Å². The molecule has 0 fully saturated rings. The van der Waals surface area contributed by atoms with E-state index >= 15 is 0 Å². The van der Waals surface area contributed by atoms with Gasteiger partial charge in [0.2, 0.25) is 0 Å². The van der Waals surface area contributed by atoms with Crippen molar-refractivity contribution in [2.75, 3.05) is 0 Å². The van der Waals surface area contributed by atoms with E-state index in [-0.39, 0.29) is 0 Å². The summed E-state index contributed by atoms with van der Waals surface area (Å²) < 4.78 is 0. The highest BCUT2D eigenvalue weighted by atomic mass is 15.2. The van der Waals surface area contributed by atoms with Crippen LogP contribution in [0, 0.1) is 0 Å². The summed E-state index contributed by atoms with van der Waals surface area (Å²) in [5, 5.41) is 7.19. The van der Waals surface area contributed by atoms with E-state index in [2.05, 4.69) is 59.9 Å². The van der Waals surface area contributed by atoms with E-state index in [0.29, 0.717) is 0 Å². The molecule has 0 spiro atoms.